The number of hydrogen-bond acceptors (Lipinski definition) is 1. The van der Waals surface area contributed by atoms with Crippen LogP contribution in [0.1, 0.15) is 6.92 Å². The quantitative estimate of drug-likeness (QED) is 0.433. The number of rotatable bonds is 2. The molecule has 2 aromatic rings. The molecule has 20 heavy (non-hydrogen) atoms. The molecule has 0 aliphatic heterocycles. The zero-order chi connectivity index (χ0) is 15.5. The molecule has 0 amide bonds. The molecule has 0 bridgehead atoms. The van der Waals surface area contributed by atoms with Crippen LogP contribution in [0, 0.1) is 0 Å². The van der Waals surface area contributed by atoms with Crippen molar-refractivity contribution < 1.29 is 34.7 Å². The molecule has 2 nitrogen and oxygen atoms in total. The molecule has 0 atom stereocenters. The first-order valence-corrected chi connectivity index (χ1v) is 7.48. The first-order chi connectivity index (χ1) is 8.85. The minimum atomic E-state index is -10.7. The van der Waals surface area contributed by atoms with Crippen LogP contribution >= 0.6 is 7.81 Å². The Bertz CT molecular complexity index is 586. The third-order valence-corrected chi connectivity index (χ3v) is 1.94. The zero-order valence-corrected chi connectivity index (χ0v) is 11.2. The number of pyridine rings is 1. The van der Waals surface area contributed by atoms with Crippen molar-refractivity contribution in [3.63, 3.8) is 0 Å². The van der Waals surface area contributed by atoms with E-state index in [2.05, 4.69) is 12.1 Å². The average Bonchev–Trinajstić information content (AvgIpc) is 2.25. The molecular formula is C11H12F6NOP. The first-order valence-electron chi connectivity index (χ1n) is 5.45. The second-order valence-corrected chi connectivity index (χ2v) is 5.73. The summed E-state index contributed by atoms with van der Waals surface area (Å²) in [5.41, 5.74) is 0. The van der Waals surface area contributed by atoms with E-state index in [0.29, 0.717) is 6.61 Å². The van der Waals surface area contributed by atoms with Gasteiger partial charge in [-0.05, 0) is 18.4 Å². The summed E-state index contributed by atoms with van der Waals surface area (Å²) >= 11 is 0. The molecular weight excluding hydrogens is 307 g/mol. The van der Waals surface area contributed by atoms with Gasteiger partial charge in [-0.3, -0.25) is 4.84 Å². The van der Waals surface area contributed by atoms with Crippen molar-refractivity contribution in [1.29, 1.82) is 0 Å². The first kappa shape index (κ1) is 16.5. The van der Waals surface area contributed by atoms with Gasteiger partial charge in [0.2, 0.25) is 12.4 Å². The van der Waals surface area contributed by atoms with Crippen LogP contribution < -0.4 is 9.57 Å². The fourth-order valence-electron chi connectivity index (χ4n) is 1.34. The summed E-state index contributed by atoms with van der Waals surface area (Å²) < 4.78 is 60.9. The molecule has 0 N–H and O–H groups in total. The summed E-state index contributed by atoms with van der Waals surface area (Å²) in [6.07, 6.45) is 3.91. The maximum atomic E-state index is 9.87. The SMILES string of the molecule is CCO[n+]1ccc2ccccc2c1.F[P-](F)(F)(F)(F)F. The summed E-state index contributed by atoms with van der Waals surface area (Å²) in [4.78, 5) is 5.33. The van der Waals surface area contributed by atoms with Crippen molar-refractivity contribution in [2.75, 3.05) is 6.61 Å². The van der Waals surface area contributed by atoms with Crippen LogP contribution in [0.5, 0.6) is 0 Å². The normalized spacial score (nSPS) is 14.8. The van der Waals surface area contributed by atoms with E-state index in [1.165, 1.54) is 10.8 Å². The van der Waals surface area contributed by atoms with Gasteiger partial charge in [0.15, 0.2) is 6.61 Å². The van der Waals surface area contributed by atoms with Crippen molar-refractivity contribution in [3.8, 4) is 0 Å². The van der Waals surface area contributed by atoms with Crippen LogP contribution in [0.4, 0.5) is 25.2 Å². The Morgan fingerprint density at radius 3 is 1.95 bits per heavy atom. The van der Waals surface area contributed by atoms with Gasteiger partial charge in [0.25, 0.3) is 0 Å². The molecule has 0 unspecified atom stereocenters. The second-order valence-electron chi connectivity index (χ2n) is 3.81. The van der Waals surface area contributed by atoms with E-state index in [0.717, 1.165) is 0 Å². The summed E-state index contributed by atoms with van der Waals surface area (Å²) in [5, 5.41) is 2.43. The topological polar surface area (TPSA) is 13.1 Å². The van der Waals surface area contributed by atoms with Gasteiger partial charge >= 0.3 is 33.0 Å². The van der Waals surface area contributed by atoms with Crippen LogP contribution in [0.25, 0.3) is 10.8 Å². The molecule has 0 aliphatic rings. The van der Waals surface area contributed by atoms with Gasteiger partial charge in [-0.25, -0.2) is 0 Å². The van der Waals surface area contributed by atoms with E-state index in [9.17, 15) is 25.2 Å². The molecule has 0 aliphatic carbocycles. The minimum absolute atomic E-state index is 0.684. The summed E-state index contributed by atoms with van der Waals surface area (Å²) in [6, 6.07) is 10.3. The Hall–Kier alpha value is -1.56. The number of fused-ring (bicyclic) bond motifs is 1. The standard InChI is InChI=1S/C11H12NO.F6P/c1-2-13-12-8-7-10-5-3-4-6-11(10)9-12;1-7(2,3,4,5)6/h3-9H,2H2,1H3;/q+1;-1. The fourth-order valence-corrected chi connectivity index (χ4v) is 1.34. The van der Waals surface area contributed by atoms with Gasteiger partial charge in [0.1, 0.15) is 0 Å². The van der Waals surface area contributed by atoms with Crippen LogP contribution in [-0.2, 0) is 0 Å². The number of halogens is 6. The van der Waals surface area contributed by atoms with Crippen molar-refractivity contribution in [1.82, 2.24) is 0 Å². The molecule has 0 saturated heterocycles. The van der Waals surface area contributed by atoms with Gasteiger partial charge in [0.05, 0.1) is 5.39 Å². The van der Waals surface area contributed by atoms with E-state index in [1.807, 2.05) is 37.5 Å². The average molecular weight is 319 g/mol. The fraction of sp³-hybridized carbons (Fsp3) is 0.182. The van der Waals surface area contributed by atoms with Gasteiger partial charge in [-0.1, -0.05) is 18.2 Å². The van der Waals surface area contributed by atoms with Crippen LogP contribution in [0.2, 0.25) is 0 Å². The number of hydrogen-bond donors (Lipinski definition) is 0. The third kappa shape index (κ3) is 8.53. The number of nitrogens with zero attached hydrogens (tertiary/aromatic N) is 1. The Balaban J connectivity index is 0.000000246. The van der Waals surface area contributed by atoms with Gasteiger partial charge in [-0.2, -0.15) is 0 Å². The Labute approximate surface area is 110 Å². The molecule has 9 heteroatoms. The summed E-state index contributed by atoms with van der Waals surface area (Å²) in [7, 11) is -10.7. The van der Waals surface area contributed by atoms with E-state index in [4.69, 9.17) is 4.84 Å². The Morgan fingerprint density at radius 1 is 0.950 bits per heavy atom. The van der Waals surface area contributed by atoms with Gasteiger partial charge < -0.3 is 0 Å². The number of benzene rings is 1. The molecule has 1 aromatic heterocycles. The predicted molar refractivity (Wildman–Crippen MR) is 64.8 cm³/mol. The zero-order valence-electron chi connectivity index (χ0n) is 10.3. The second kappa shape index (κ2) is 4.77. The third-order valence-electron chi connectivity index (χ3n) is 1.94. The molecule has 2 rings (SSSR count). The van der Waals surface area contributed by atoms with Crippen molar-refractivity contribution in [3.05, 3.63) is 42.7 Å². The summed E-state index contributed by atoms with van der Waals surface area (Å²) in [6.45, 7) is 2.66. The Kier molecular flexibility index (Phi) is 3.93. The molecule has 0 saturated carbocycles. The molecule has 0 spiro atoms. The van der Waals surface area contributed by atoms with E-state index in [1.54, 1.807) is 4.73 Å². The predicted octanol–water partition coefficient (Wildman–Crippen LogP) is 4.96. The van der Waals surface area contributed by atoms with Crippen LogP contribution in [-0.4, -0.2) is 6.61 Å². The summed E-state index contributed by atoms with van der Waals surface area (Å²) in [5.74, 6) is 0. The number of aromatic nitrogens is 1. The van der Waals surface area contributed by atoms with E-state index >= 15 is 0 Å². The maximum absolute atomic E-state index is 10.7. The monoisotopic (exact) mass is 319 g/mol. The van der Waals surface area contributed by atoms with Crippen molar-refractivity contribution in [2.24, 2.45) is 0 Å². The van der Waals surface area contributed by atoms with Crippen molar-refractivity contribution in [2.45, 2.75) is 6.92 Å². The molecule has 0 radical (unpaired) electrons. The van der Waals surface area contributed by atoms with E-state index < -0.39 is 7.81 Å². The van der Waals surface area contributed by atoms with Gasteiger partial charge in [0, 0.05) is 10.8 Å². The van der Waals surface area contributed by atoms with Crippen LogP contribution in [0.15, 0.2) is 42.7 Å². The Morgan fingerprint density at radius 2 is 1.45 bits per heavy atom. The molecule has 1 heterocycles. The van der Waals surface area contributed by atoms with Gasteiger partial charge in [-0.15, -0.1) is 0 Å². The van der Waals surface area contributed by atoms with Crippen molar-refractivity contribution >= 4 is 18.6 Å². The molecule has 114 valence electrons. The van der Waals surface area contributed by atoms with Crippen LogP contribution in [0.3, 0.4) is 0 Å². The molecule has 0 fully saturated rings. The van der Waals surface area contributed by atoms with E-state index in [-0.39, 0.29) is 0 Å². The molecule has 1 aromatic carbocycles.